The first kappa shape index (κ1) is 17.9. The van der Waals surface area contributed by atoms with Crippen LogP contribution in [0.5, 0.6) is 0 Å². The molecule has 21 heavy (non-hydrogen) atoms. The van der Waals surface area contributed by atoms with E-state index in [4.69, 9.17) is 0 Å². The van der Waals surface area contributed by atoms with Gasteiger partial charge in [0.2, 0.25) is 0 Å². The molecule has 0 fully saturated rings. The third-order valence-electron chi connectivity index (χ3n) is 2.21. The summed E-state index contributed by atoms with van der Waals surface area (Å²) >= 11 is 2.02. The Labute approximate surface area is 133 Å². The second kappa shape index (κ2) is 7.23. The molecule has 0 spiro atoms. The summed E-state index contributed by atoms with van der Waals surface area (Å²) in [5.41, 5.74) is -1.44. The van der Waals surface area contributed by atoms with Gasteiger partial charge >= 0.3 is 6.18 Å². The van der Waals surface area contributed by atoms with Crippen LogP contribution in [0.15, 0.2) is 59.5 Å². The van der Waals surface area contributed by atoms with Gasteiger partial charge in [-0.2, -0.15) is 13.2 Å². The Morgan fingerprint density at radius 1 is 0.905 bits per heavy atom. The predicted octanol–water partition coefficient (Wildman–Crippen LogP) is -0.249. The molecular formula is C13H10F3IO3S. The molecule has 0 atom stereocenters. The largest absolute Gasteiger partial charge is 0.744 e. The lowest BCUT2D eigenvalue weighted by Crippen LogP contribution is -3.34. The summed E-state index contributed by atoms with van der Waals surface area (Å²) in [6.07, 6.45) is -4.84. The SMILES string of the molecule is O=S(=O)([O-])c1ccccc1C(F)(F)F.[IH+]c1ccccc1. The Balaban J connectivity index is 0.000000262. The van der Waals surface area contributed by atoms with E-state index in [0.29, 0.717) is 12.1 Å². The summed E-state index contributed by atoms with van der Waals surface area (Å²) in [6.45, 7) is 0. The van der Waals surface area contributed by atoms with E-state index in [1.165, 1.54) is 3.57 Å². The van der Waals surface area contributed by atoms with Crippen molar-refractivity contribution in [2.24, 2.45) is 0 Å². The Morgan fingerprint density at radius 2 is 1.38 bits per heavy atom. The van der Waals surface area contributed by atoms with Gasteiger partial charge in [-0.1, -0.05) is 30.3 Å². The molecule has 0 radical (unpaired) electrons. The highest BCUT2D eigenvalue weighted by atomic mass is 127. The van der Waals surface area contributed by atoms with Gasteiger partial charge in [-0.05, 0) is 24.3 Å². The monoisotopic (exact) mass is 430 g/mol. The quantitative estimate of drug-likeness (QED) is 0.464. The lowest BCUT2D eigenvalue weighted by Gasteiger charge is -2.14. The maximum Gasteiger partial charge on any atom is 0.417 e. The lowest BCUT2D eigenvalue weighted by molar-refractivity contribution is -0.328. The average molecular weight is 430 g/mol. The van der Waals surface area contributed by atoms with Crippen molar-refractivity contribution in [3.63, 3.8) is 0 Å². The zero-order valence-electron chi connectivity index (χ0n) is 10.4. The first-order chi connectivity index (χ1) is 9.62. The van der Waals surface area contributed by atoms with E-state index < -0.39 is 26.8 Å². The molecule has 0 aliphatic rings. The summed E-state index contributed by atoms with van der Waals surface area (Å²) in [5.74, 6) is 0. The van der Waals surface area contributed by atoms with Crippen LogP contribution in [-0.4, -0.2) is 13.0 Å². The van der Waals surface area contributed by atoms with Crippen LogP contribution in [0.25, 0.3) is 0 Å². The summed E-state index contributed by atoms with van der Waals surface area (Å²) in [5, 5.41) is 0. The van der Waals surface area contributed by atoms with E-state index in [1.54, 1.807) is 0 Å². The van der Waals surface area contributed by atoms with E-state index >= 15 is 0 Å². The summed E-state index contributed by atoms with van der Waals surface area (Å²) in [4.78, 5) is -1.24. The van der Waals surface area contributed by atoms with Crippen LogP contribution >= 0.6 is 0 Å². The number of rotatable bonds is 1. The fraction of sp³-hybridized carbons (Fsp3) is 0.0769. The highest BCUT2D eigenvalue weighted by Gasteiger charge is 2.34. The highest BCUT2D eigenvalue weighted by Crippen LogP contribution is 2.33. The van der Waals surface area contributed by atoms with Gasteiger partial charge < -0.3 is 4.55 Å². The molecule has 0 heterocycles. The molecular weight excluding hydrogens is 420 g/mol. The molecule has 0 aromatic heterocycles. The van der Waals surface area contributed by atoms with Crippen LogP contribution < -0.4 is 22.6 Å². The number of halogens is 4. The molecule has 0 amide bonds. The summed E-state index contributed by atoms with van der Waals surface area (Å²) < 4.78 is 69.2. The standard InChI is InChI=1S/C7H5F3O3S.C6H6I/c8-7(9,10)5-3-1-2-4-6(5)14(11,12)13;7-6-4-2-1-3-5-6/h1-4H,(H,11,12,13);1-5,7H/q;+1/p-1. The van der Waals surface area contributed by atoms with Crippen LogP contribution in [-0.2, 0) is 16.3 Å². The van der Waals surface area contributed by atoms with Crippen LogP contribution in [0, 0.1) is 3.57 Å². The van der Waals surface area contributed by atoms with Gasteiger partial charge in [0.15, 0.2) is 3.57 Å². The van der Waals surface area contributed by atoms with Crippen LogP contribution in [0.4, 0.5) is 13.2 Å². The average Bonchev–Trinajstić information content (AvgIpc) is 2.38. The molecule has 2 aromatic rings. The van der Waals surface area contributed by atoms with Gasteiger partial charge in [-0.3, -0.25) is 0 Å². The van der Waals surface area contributed by atoms with Gasteiger partial charge in [0.1, 0.15) is 10.1 Å². The molecule has 0 saturated heterocycles. The topological polar surface area (TPSA) is 57.2 Å². The summed E-state index contributed by atoms with van der Waals surface area (Å²) in [6, 6.07) is 13.5. The Morgan fingerprint density at radius 3 is 1.71 bits per heavy atom. The van der Waals surface area contributed by atoms with Crippen molar-refractivity contribution in [2.45, 2.75) is 11.1 Å². The molecule has 0 aliphatic heterocycles. The van der Waals surface area contributed by atoms with Crippen molar-refractivity contribution < 1.29 is 48.7 Å². The molecule has 0 aliphatic carbocycles. The van der Waals surface area contributed by atoms with Gasteiger partial charge in [-0.25, -0.2) is 8.42 Å². The van der Waals surface area contributed by atoms with Crippen LogP contribution in [0.2, 0.25) is 0 Å². The normalized spacial score (nSPS) is 11.5. The van der Waals surface area contributed by atoms with Crippen molar-refractivity contribution in [1.29, 1.82) is 0 Å². The van der Waals surface area contributed by atoms with Crippen molar-refractivity contribution >= 4 is 10.1 Å². The van der Waals surface area contributed by atoms with Crippen LogP contribution in [0.1, 0.15) is 5.56 Å². The van der Waals surface area contributed by atoms with E-state index in [1.807, 2.05) is 40.8 Å². The minimum absolute atomic E-state index is 0.546. The van der Waals surface area contributed by atoms with Gasteiger partial charge in [-0.15, -0.1) is 0 Å². The van der Waals surface area contributed by atoms with Crippen molar-refractivity contribution in [3.05, 3.63) is 63.7 Å². The van der Waals surface area contributed by atoms with Gasteiger partial charge in [0.25, 0.3) is 22.6 Å². The molecule has 114 valence electrons. The number of hydrogen-bond donors (Lipinski definition) is 0. The third kappa shape index (κ3) is 6.02. The van der Waals surface area contributed by atoms with E-state index in [9.17, 15) is 26.1 Å². The fourth-order valence-corrected chi connectivity index (χ4v) is 2.49. The first-order valence-electron chi connectivity index (χ1n) is 5.46. The van der Waals surface area contributed by atoms with Crippen molar-refractivity contribution in [1.82, 2.24) is 0 Å². The maximum absolute atomic E-state index is 12.2. The smallest absolute Gasteiger partial charge is 0.417 e. The molecule has 0 saturated carbocycles. The van der Waals surface area contributed by atoms with Crippen molar-refractivity contribution in [2.75, 3.05) is 0 Å². The molecule has 0 unspecified atom stereocenters. The number of benzene rings is 2. The van der Waals surface area contributed by atoms with Gasteiger partial charge in [0.05, 0.1) is 10.5 Å². The Hall–Kier alpha value is -1.13. The minimum atomic E-state index is -5.09. The molecule has 2 rings (SSSR count). The van der Waals surface area contributed by atoms with E-state index in [2.05, 4.69) is 12.1 Å². The Bertz CT molecular complexity index is 685. The lowest BCUT2D eigenvalue weighted by atomic mass is 10.2. The zero-order valence-corrected chi connectivity index (χ0v) is 13.5. The number of hydrogen-bond acceptors (Lipinski definition) is 3. The third-order valence-corrected chi connectivity index (χ3v) is 3.88. The zero-order chi connectivity index (χ0) is 16.1. The Kier molecular flexibility index (Phi) is 6.17. The van der Waals surface area contributed by atoms with E-state index in [0.717, 1.165) is 12.1 Å². The maximum atomic E-state index is 12.2. The highest BCUT2D eigenvalue weighted by molar-refractivity contribution is 7.85. The minimum Gasteiger partial charge on any atom is -0.744 e. The summed E-state index contributed by atoms with van der Waals surface area (Å²) in [7, 11) is -5.09. The van der Waals surface area contributed by atoms with Gasteiger partial charge in [0, 0.05) is 0 Å². The molecule has 0 bridgehead atoms. The second-order valence-corrected chi connectivity index (χ2v) is 6.45. The number of alkyl halides is 3. The second-order valence-electron chi connectivity index (χ2n) is 3.76. The first-order valence-corrected chi connectivity index (χ1v) is 8.04. The fourth-order valence-electron chi connectivity index (χ4n) is 1.34. The molecule has 0 N–H and O–H groups in total. The predicted molar refractivity (Wildman–Crippen MR) is 65.9 cm³/mol. The molecule has 2 aromatic carbocycles. The molecule has 3 nitrogen and oxygen atoms in total. The van der Waals surface area contributed by atoms with Crippen molar-refractivity contribution in [3.8, 4) is 0 Å². The van der Waals surface area contributed by atoms with E-state index in [-0.39, 0.29) is 0 Å². The molecule has 8 heteroatoms. The van der Waals surface area contributed by atoms with Crippen LogP contribution in [0.3, 0.4) is 0 Å².